The van der Waals surface area contributed by atoms with Gasteiger partial charge in [-0.3, -0.25) is 0 Å². The summed E-state index contributed by atoms with van der Waals surface area (Å²) in [7, 11) is 0. The second-order valence-electron chi connectivity index (χ2n) is 5.76. The molecule has 19 heavy (non-hydrogen) atoms. The number of hydrogen-bond acceptors (Lipinski definition) is 1. The van der Waals surface area contributed by atoms with E-state index in [1.165, 1.54) is 12.8 Å². The first kappa shape index (κ1) is 13.8. The highest BCUT2D eigenvalue weighted by Gasteiger charge is 2.50. The molecule has 1 nitrogen and oxygen atoms in total. The predicted octanol–water partition coefficient (Wildman–Crippen LogP) is 4.60. The molecule has 2 aliphatic rings. The van der Waals surface area contributed by atoms with Crippen LogP contribution in [0.1, 0.15) is 24.8 Å². The third kappa shape index (κ3) is 2.57. The number of alkyl halides is 1. The molecule has 0 amide bonds. The topological polar surface area (TPSA) is 9.23 Å². The van der Waals surface area contributed by atoms with Gasteiger partial charge in [0.2, 0.25) is 0 Å². The van der Waals surface area contributed by atoms with Gasteiger partial charge in [-0.15, -0.1) is 0 Å². The molecule has 1 saturated carbocycles. The summed E-state index contributed by atoms with van der Waals surface area (Å²) in [6.45, 7) is 0.787. The molecule has 2 fully saturated rings. The fourth-order valence-electron chi connectivity index (χ4n) is 3.19. The Labute approximate surface area is 126 Å². The van der Waals surface area contributed by atoms with Crippen LogP contribution in [0.15, 0.2) is 18.2 Å². The van der Waals surface area contributed by atoms with Crippen LogP contribution < -0.4 is 0 Å². The monoisotopic (exact) mass is 346 g/mol. The summed E-state index contributed by atoms with van der Waals surface area (Å²) in [5.74, 6) is 0.397. The highest BCUT2D eigenvalue weighted by atomic mass is 79.9. The van der Waals surface area contributed by atoms with E-state index in [1.54, 1.807) is 6.07 Å². The third-order valence-corrected chi connectivity index (χ3v) is 5.80. The van der Waals surface area contributed by atoms with Crippen molar-refractivity contribution in [2.24, 2.45) is 11.3 Å². The minimum absolute atomic E-state index is 0.0205. The molecule has 1 heterocycles. The molecule has 3 rings (SSSR count). The van der Waals surface area contributed by atoms with Crippen LogP contribution in [-0.4, -0.2) is 18.0 Å². The van der Waals surface area contributed by atoms with Crippen molar-refractivity contribution >= 4 is 27.5 Å². The van der Waals surface area contributed by atoms with Crippen LogP contribution in [0.25, 0.3) is 0 Å². The Kier molecular flexibility index (Phi) is 3.89. The minimum Gasteiger partial charge on any atom is -0.377 e. The molecular formula is C15H17BrClFO. The number of ether oxygens (including phenoxy) is 1. The normalized spacial score (nSPS) is 30.8. The Hall–Kier alpha value is -0.120. The van der Waals surface area contributed by atoms with Crippen molar-refractivity contribution < 1.29 is 9.13 Å². The van der Waals surface area contributed by atoms with Crippen molar-refractivity contribution in [1.29, 1.82) is 0 Å². The first-order valence-electron chi connectivity index (χ1n) is 6.77. The first-order chi connectivity index (χ1) is 9.16. The van der Waals surface area contributed by atoms with Gasteiger partial charge in [0.1, 0.15) is 5.82 Å². The molecule has 0 radical (unpaired) electrons. The van der Waals surface area contributed by atoms with E-state index in [4.69, 9.17) is 16.3 Å². The van der Waals surface area contributed by atoms with Gasteiger partial charge in [-0.05, 0) is 43.2 Å². The summed E-state index contributed by atoms with van der Waals surface area (Å²) in [6.07, 6.45) is 4.46. The lowest BCUT2D eigenvalue weighted by atomic mass is 9.76. The zero-order valence-electron chi connectivity index (χ0n) is 10.7. The fourth-order valence-corrected chi connectivity index (χ4v) is 4.18. The lowest BCUT2D eigenvalue weighted by Gasteiger charge is -2.33. The smallest absolute Gasteiger partial charge is 0.144 e. The van der Waals surface area contributed by atoms with E-state index in [0.29, 0.717) is 17.9 Å². The zero-order chi connectivity index (χ0) is 13.5. The van der Waals surface area contributed by atoms with Crippen molar-refractivity contribution in [3.63, 3.8) is 0 Å². The van der Waals surface area contributed by atoms with Gasteiger partial charge in [-0.25, -0.2) is 4.39 Å². The molecule has 2 unspecified atom stereocenters. The molecule has 0 bridgehead atoms. The number of hydrogen-bond donors (Lipinski definition) is 0. The predicted molar refractivity (Wildman–Crippen MR) is 78.4 cm³/mol. The van der Waals surface area contributed by atoms with E-state index in [0.717, 1.165) is 18.4 Å². The Morgan fingerprint density at radius 2 is 2.21 bits per heavy atom. The summed E-state index contributed by atoms with van der Waals surface area (Å²) >= 11 is 9.52. The van der Waals surface area contributed by atoms with Crippen molar-refractivity contribution in [2.75, 3.05) is 11.9 Å². The van der Waals surface area contributed by atoms with Gasteiger partial charge in [0.15, 0.2) is 0 Å². The Balaban J connectivity index is 1.88. The molecule has 4 heteroatoms. The Bertz CT molecular complexity index is 477. The standard InChI is InChI=1S/C15H17BrClFO/c16-9-15(6-7-19-14(15)10-4-5-10)8-11-2-1-3-12(17)13(11)18/h1-3,10,14H,4-9H2. The van der Waals surface area contributed by atoms with Gasteiger partial charge in [-0.1, -0.05) is 39.7 Å². The molecule has 1 saturated heterocycles. The SMILES string of the molecule is Fc1c(Cl)cccc1CC1(CBr)CCOC1C1CC1. The first-order valence-corrected chi connectivity index (χ1v) is 8.27. The lowest BCUT2D eigenvalue weighted by molar-refractivity contribution is 0.0410. The molecule has 0 N–H and O–H groups in total. The van der Waals surface area contributed by atoms with Crippen molar-refractivity contribution in [2.45, 2.75) is 31.8 Å². The molecule has 104 valence electrons. The van der Waals surface area contributed by atoms with Crippen LogP contribution in [0.5, 0.6) is 0 Å². The van der Waals surface area contributed by atoms with Gasteiger partial charge in [0.25, 0.3) is 0 Å². The third-order valence-electron chi connectivity index (χ3n) is 4.39. The maximum atomic E-state index is 14.1. The summed E-state index contributed by atoms with van der Waals surface area (Å²) in [6, 6.07) is 5.27. The van der Waals surface area contributed by atoms with Crippen LogP contribution in [-0.2, 0) is 11.2 Å². The van der Waals surface area contributed by atoms with Crippen LogP contribution in [0.4, 0.5) is 4.39 Å². The fraction of sp³-hybridized carbons (Fsp3) is 0.600. The van der Waals surface area contributed by atoms with Gasteiger partial charge in [-0.2, -0.15) is 0 Å². The largest absolute Gasteiger partial charge is 0.377 e. The van der Waals surface area contributed by atoms with Gasteiger partial charge < -0.3 is 4.74 Å². The Morgan fingerprint density at radius 3 is 2.89 bits per heavy atom. The van der Waals surface area contributed by atoms with E-state index in [-0.39, 0.29) is 22.4 Å². The van der Waals surface area contributed by atoms with Gasteiger partial charge in [0.05, 0.1) is 11.1 Å². The van der Waals surface area contributed by atoms with Crippen molar-refractivity contribution in [3.05, 3.63) is 34.6 Å². The number of benzene rings is 1. The molecule has 1 aromatic rings. The zero-order valence-corrected chi connectivity index (χ0v) is 13.0. The van der Waals surface area contributed by atoms with E-state index in [9.17, 15) is 4.39 Å². The van der Waals surface area contributed by atoms with Gasteiger partial charge in [0, 0.05) is 17.4 Å². The van der Waals surface area contributed by atoms with Crippen molar-refractivity contribution in [1.82, 2.24) is 0 Å². The maximum Gasteiger partial charge on any atom is 0.144 e. The summed E-state index contributed by atoms with van der Waals surface area (Å²) in [5, 5.41) is 1.07. The summed E-state index contributed by atoms with van der Waals surface area (Å²) in [5.41, 5.74) is 0.732. The molecule has 1 aromatic carbocycles. The summed E-state index contributed by atoms with van der Waals surface area (Å²) < 4.78 is 20.1. The minimum atomic E-state index is -0.272. The average Bonchev–Trinajstić information content (AvgIpc) is 3.17. The highest BCUT2D eigenvalue weighted by molar-refractivity contribution is 9.09. The van der Waals surface area contributed by atoms with Crippen LogP contribution >= 0.6 is 27.5 Å². The van der Waals surface area contributed by atoms with E-state index in [2.05, 4.69) is 15.9 Å². The summed E-state index contributed by atoms with van der Waals surface area (Å²) in [4.78, 5) is 0. The van der Waals surface area contributed by atoms with E-state index >= 15 is 0 Å². The quantitative estimate of drug-likeness (QED) is 0.723. The lowest BCUT2D eigenvalue weighted by Crippen LogP contribution is -2.36. The highest BCUT2D eigenvalue weighted by Crippen LogP contribution is 2.50. The molecule has 2 atom stereocenters. The maximum absolute atomic E-state index is 14.1. The van der Waals surface area contributed by atoms with Crippen molar-refractivity contribution in [3.8, 4) is 0 Å². The van der Waals surface area contributed by atoms with Crippen LogP contribution in [0.2, 0.25) is 5.02 Å². The molecular weight excluding hydrogens is 331 g/mol. The second-order valence-corrected chi connectivity index (χ2v) is 6.73. The number of halogens is 3. The molecule has 0 aromatic heterocycles. The van der Waals surface area contributed by atoms with Crippen LogP contribution in [0.3, 0.4) is 0 Å². The Morgan fingerprint density at radius 1 is 1.42 bits per heavy atom. The molecule has 1 aliphatic heterocycles. The second kappa shape index (κ2) is 5.34. The van der Waals surface area contributed by atoms with Crippen LogP contribution in [0, 0.1) is 17.2 Å². The number of rotatable bonds is 4. The van der Waals surface area contributed by atoms with E-state index < -0.39 is 0 Å². The van der Waals surface area contributed by atoms with Gasteiger partial charge >= 0.3 is 0 Å². The average molecular weight is 348 g/mol. The van der Waals surface area contributed by atoms with E-state index in [1.807, 2.05) is 12.1 Å². The molecule has 1 aliphatic carbocycles. The molecule has 0 spiro atoms.